The number of hydrogen-bond donors (Lipinski definition) is 1. The topological polar surface area (TPSA) is 48.1 Å². The monoisotopic (exact) mass is 228 g/mol. The standard InChI is InChI=1S/C14H16N2O/c1-17-14-8-3-2-6-12(14)13-7-4-5-11(16-13)9-10-15/h2-8H,9-10,15H2,1H3. The van der Waals surface area contributed by atoms with Gasteiger partial charge in [-0.05, 0) is 30.8 Å². The van der Waals surface area contributed by atoms with Crippen molar-refractivity contribution in [2.75, 3.05) is 13.7 Å². The number of para-hydroxylation sites is 1. The molecule has 0 aliphatic carbocycles. The summed E-state index contributed by atoms with van der Waals surface area (Å²) in [4.78, 5) is 4.58. The van der Waals surface area contributed by atoms with Crippen molar-refractivity contribution in [2.45, 2.75) is 6.42 Å². The van der Waals surface area contributed by atoms with Gasteiger partial charge in [0.1, 0.15) is 5.75 Å². The number of rotatable bonds is 4. The van der Waals surface area contributed by atoms with E-state index >= 15 is 0 Å². The number of hydrogen-bond acceptors (Lipinski definition) is 3. The summed E-state index contributed by atoms with van der Waals surface area (Å²) < 4.78 is 5.33. The molecule has 17 heavy (non-hydrogen) atoms. The van der Waals surface area contributed by atoms with Crippen LogP contribution in [0.15, 0.2) is 42.5 Å². The lowest BCUT2D eigenvalue weighted by Gasteiger charge is -2.08. The van der Waals surface area contributed by atoms with E-state index in [2.05, 4.69) is 4.98 Å². The normalized spacial score (nSPS) is 10.2. The lowest BCUT2D eigenvalue weighted by atomic mass is 10.1. The molecule has 0 unspecified atom stereocenters. The molecular formula is C14H16N2O. The van der Waals surface area contributed by atoms with Crippen molar-refractivity contribution in [3.05, 3.63) is 48.2 Å². The SMILES string of the molecule is COc1ccccc1-c1cccc(CCN)n1. The van der Waals surface area contributed by atoms with Crippen molar-refractivity contribution in [3.8, 4) is 17.0 Å². The number of ether oxygens (including phenoxy) is 1. The van der Waals surface area contributed by atoms with Crippen molar-refractivity contribution in [3.63, 3.8) is 0 Å². The number of nitrogens with two attached hydrogens (primary N) is 1. The molecule has 0 fully saturated rings. The van der Waals surface area contributed by atoms with Crippen LogP contribution in [0.4, 0.5) is 0 Å². The highest BCUT2D eigenvalue weighted by Crippen LogP contribution is 2.27. The molecule has 3 nitrogen and oxygen atoms in total. The molecule has 0 aliphatic rings. The Kier molecular flexibility index (Phi) is 3.73. The van der Waals surface area contributed by atoms with Gasteiger partial charge < -0.3 is 10.5 Å². The molecular weight excluding hydrogens is 212 g/mol. The van der Waals surface area contributed by atoms with Gasteiger partial charge in [-0.25, -0.2) is 0 Å². The fraction of sp³-hybridized carbons (Fsp3) is 0.214. The molecule has 0 saturated heterocycles. The van der Waals surface area contributed by atoms with Crippen molar-refractivity contribution >= 4 is 0 Å². The highest BCUT2D eigenvalue weighted by atomic mass is 16.5. The lowest BCUT2D eigenvalue weighted by molar-refractivity contribution is 0.416. The first-order valence-corrected chi connectivity index (χ1v) is 5.64. The average molecular weight is 228 g/mol. The largest absolute Gasteiger partial charge is 0.496 e. The Morgan fingerprint density at radius 1 is 1.12 bits per heavy atom. The molecule has 1 aromatic carbocycles. The molecule has 1 heterocycles. The zero-order chi connectivity index (χ0) is 12.1. The van der Waals surface area contributed by atoms with E-state index < -0.39 is 0 Å². The van der Waals surface area contributed by atoms with Gasteiger partial charge in [0.15, 0.2) is 0 Å². The minimum atomic E-state index is 0.613. The maximum Gasteiger partial charge on any atom is 0.128 e. The second kappa shape index (κ2) is 5.46. The van der Waals surface area contributed by atoms with Crippen LogP contribution >= 0.6 is 0 Å². The van der Waals surface area contributed by atoms with Crippen molar-refractivity contribution in [1.29, 1.82) is 0 Å². The minimum absolute atomic E-state index is 0.613. The first-order chi connectivity index (χ1) is 8.35. The molecule has 3 heteroatoms. The van der Waals surface area contributed by atoms with Crippen LogP contribution in [0.3, 0.4) is 0 Å². The molecule has 0 aliphatic heterocycles. The average Bonchev–Trinajstić information content (AvgIpc) is 2.39. The van der Waals surface area contributed by atoms with E-state index in [1.165, 1.54) is 0 Å². The van der Waals surface area contributed by atoms with Gasteiger partial charge in [0.2, 0.25) is 0 Å². The molecule has 88 valence electrons. The van der Waals surface area contributed by atoms with Gasteiger partial charge in [0.05, 0.1) is 12.8 Å². The number of nitrogens with zero attached hydrogens (tertiary/aromatic N) is 1. The van der Waals surface area contributed by atoms with Crippen LogP contribution in [0.1, 0.15) is 5.69 Å². The van der Waals surface area contributed by atoms with Crippen LogP contribution in [-0.2, 0) is 6.42 Å². The summed E-state index contributed by atoms with van der Waals surface area (Å²) in [5.41, 5.74) is 8.48. The predicted molar refractivity (Wildman–Crippen MR) is 69.0 cm³/mol. The van der Waals surface area contributed by atoms with Gasteiger partial charge in [0, 0.05) is 17.7 Å². The van der Waals surface area contributed by atoms with Crippen LogP contribution in [0.25, 0.3) is 11.3 Å². The Hall–Kier alpha value is -1.87. The van der Waals surface area contributed by atoms with E-state index in [-0.39, 0.29) is 0 Å². The Morgan fingerprint density at radius 2 is 1.94 bits per heavy atom. The summed E-state index contributed by atoms with van der Waals surface area (Å²) in [7, 11) is 1.67. The second-order valence-electron chi connectivity index (χ2n) is 3.75. The van der Waals surface area contributed by atoms with Crippen LogP contribution in [0, 0.1) is 0 Å². The number of pyridine rings is 1. The lowest BCUT2D eigenvalue weighted by Crippen LogP contribution is -2.04. The number of benzene rings is 1. The first-order valence-electron chi connectivity index (χ1n) is 5.64. The van der Waals surface area contributed by atoms with Gasteiger partial charge in [0.25, 0.3) is 0 Å². The summed E-state index contributed by atoms with van der Waals surface area (Å²) in [6.07, 6.45) is 0.795. The zero-order valence-electron chi connectivity index (χ0n) is 9.89. The molecule has 0 saturated carbocycles. The second-order valence-corrected chi connectivity index (χ2v) is 3.75. The van der Waals surface area contributed by atoms with Crippen LogP contribution < -0.4 is 10.5 Å². The Balaban J connectivity index is 2.41. The quantitative estimate of drug-likeness (QED) is 0.873. The van der Waals surface area contributed by atoms with Crippen molar-refractivity contribution < 1.29 is 4.74 Å². The zero-order valence-corrected chi connectivity index (χ0v) is 9.89. The number of methoxy groups -OCH3 is 1. The predicted octanol–water partition coefficient (Wildman–Crippen LogP) is 2.26. The van der Waals surface area contributed by atoms with Gasteiger partial charge in [-0.15, -0.1) is 0 Å². The summed E-state index contributed by atoms with van der Waals surface area (Å²) in [5.74, 6) is 0.838. The maximum absolute atomic E-state index is 5.54. The Morgan fingerprint density at radius 3 is 2.71 bits per heavy atom. The van der Waals surface area contributed by atoms with Crippen LogP contribution in [-0.4, -0.2) is 18.6 Å². The van der Waals surface area contributed by atoms with Crippen molar-refractivity contribution in [2.24, 2.45) is 5.73 Å². The highest BCUT2D eigenvalue weighted by molar-refractivity contribution is 5.67. The smallest absolute Gasteiger partial charge is 0.128 e. The summed E-state index contributed by atoms with van der Waals surface area (Å²) in [6, 6.07) is 13.9. The third kappa shape index (κ3) is 2.63. The fourth-order valence-electron chi connectivity index (χ4n) is 1.77. The van der Waals surface area contributed by atoms with Gasteiger partial charge in [-0.3, -0.25) is 4.98 Å². The minimum Gasteiger partial charge on any atom is -0.496 e. The van der Waals surface area contributed by atoms with Gasteiger partial charge >= 0.3 is 0 Å². The summed E-state index contributed by atoms with van der Waals surface area (Å²) >= 11 is 0. The van der Waals surface area contributed by atoms with E-state index in [1.54, 1.807) is 7.11 Å². The van der Waals surface area contributed by atoms with E-state index in [1.807, 2.05) is 42.5 Å². The van der Waals surface area contributed by atoms with Gasteiger partial charge in [-0.2, -0.15) is 0 Å². The third-order valence-electron chi connectivity index (χ3n) is 2.59. The highest BCUT2D eigenvalue weighted by Gasteiger charge is 2.06. The van der Waals surface area contributed by atoms with Gasteiger partial charge in [-0.1, -0.05) is 18.2 Å². The summed E-state index contributed by atoms with van der Waals surface area (Å²) in [5, 5.41) is 0. The maximum atomic E-state index is 5.54. The molecule has 0 atom stereocenters. The van der Waals surface area contributed by atoms with Crippen LogP contribution in [0.5, 0.6) is 5.75 Å². The molecule has 0 radical (unpaired) electrons. The first kappa shape index (κ1) is 11.6. The Labute approximate surface area is 101 Å². The fourth-order valence-corrected chi connectivity index (χ4v) is 1.77. The van der Waals surface area contributed by atoms with E-state index in [4.69, 9.17) is 10.5 Å². The van der Waals surface area contributed by atoms with E-state index in [0.29, 0.717) is 6.54 Å². The molecule has 0 spiro atoms. The molecule has 0 bridgehead atoms. The third-order valence-corrected chi connectivity index (χ3v) is 2.59. The number of aromatic nitrogens is 1. The molecule has 1 aromatic heterocycles. The van der Waals surface area contributed by atoms with E-state index in [0.717, 1.165) is 29.1 Å². The van der Waals surface area contributed by atoms with Crippen LogP contribution in [0.2, 0.25) is 0 Å². The Bertz CT molecular complexity index is 497. The molecule has 2 rings (SSSR count). The molecule has 2 aromatic rings. The molecule has 2 N–H and O–H groups in total. The molecule has 0 amide bonds. The van der Waals surface area contributed by atoms with Crippen molar-refractivity contribution in [1.82, 2.24) is 4.98 Å². The van der Waals surface area contributed by atoms with E-state index in [9.17, 15) is 0 Å². The summed E-state index contributed by atoms with van der Waals surface area (Å²) in [6.45, 7) is 0.613.